The second-order valence-electron chi connectivity index (χ2n) is 5.36. The van der Waals surface area contributed by atoms with E-state index in [-0.39, 0.29) is 5.25 Å². The van der Waals surface area contributed by atoms with Gasteiger partial charge in [0.05, 0.1) is 25.5 Å². The Morgan fingerprint density at radius 3 is 2.29 bits per heavy atom. The van der Waals surface area contributed by atoms with Crippen molar-refractivity contribution in [3.8, 4) is 11.8 Å². The molecule has 21 heavy (non-hydrogen) atoms. The first-order valence-corrected chi connectivity index (χ1v) is 8.15. The lowest BCUT2D eigenvalue weighted by Crippen LogP contribution is -2.23. The number of aromatic nitrogens is 2. The van der Waals surface area contributed by atoms with Gasteiger partial charge in [-0.3, -0.25) is 0 Å². The molecule has 0 spiro atoms. The van der Waals surface area contributed by atoms with Crippen LogP contribution in [0.25, 0.3) is 0 Å². The fraction of sp³-hybridized carbons (Fsp3) is 0.667. The minimum atomic E-state index is -0.134. The van der Waals surface area contributed by atoms with E-state index in [1.54, 1.807) is 20.3 Å². The summed E-state index contributed by atoms with van der Waals surface area (Å²) < 4.78 is 10.3. The van der Waals surface area contributed by atoms with Gasteiger partial charge in [-0.2, -0.15) is 9.97 Å². The highest BCUT2D eigenvalue weighted by molar-refractivity contribution is 8.00. The van der Waals surface area contributed by atoms with Crippen molar-refractivity contribution in [3.05, 3.63) is 6.07 Å². The van der Waals surface area contributed by atoms with Crippen LogP contribution in [-0.4, -0.2) is 35.7 Å². The lowest BCUT2D eigenvalue weighted by atomic mass is 9.90. The maximum Gasteiger partial charge on any atom is 0.220 e. The molecule has 0 N–H and O–H groups in total. The Morgan fingerprint density at radius 1 is 1.24 bits per heavy atom. The van der Waals surface area contributed by atoms with E-state index < -0.39 is 0 Å². The molecule has 1 saturated carbocycles. The number of aldehydes is 1. The number of carbonyl (C=O) groups excluding carboxylic acids is 1. The largest absolute Gasteiger partial charge is 0.481 e. The SMILES string of the molecule is COc1cc(OC)nc(SC(C=O)C(C)C2CCCC2)n1. The van der Waals surface area contributed by atoms with Crippen LogP contribution in [-0.2, 0) is 4.79 Å². The molecular weight excluding hydrogens is 288 g/mol. The Morgan fingerprint density at radius 2 is 1.81 bits per heavy atom. The van der Waals surface area contributed by atoms with Crippen LogP contribution in [0.1, 0.15) is 32.6 Å². The minimum Gasteiger partial charge on any atom is -0.481 e. The summed E-state index contributed by atoms with van der Waals surface area (Å²) in [5, 5.41) is 0.387. The topological polar surface area (TPSA) is 61.3 Å². The van der Waals surface area contributed by atoms with E-state index in [1.807, 2.05) is 0 Å². The van der Waals surface area contributed by atoms with Crippen LogP contribution >= 0.6 is 11.8 Å². The van der Waals surface area contributed by atoms with Crippen molar-refractivity contribution >= 4 is 18.0 Å². The molecule has 0 radical (unpaired) electrons. The van der Waals surface area contributed by atoms with E-state index in [1.165, 1.54) is 37.4 Å². The quantitative estimate of drug-likeness (QED) is 0.438. The molecule has 0 saturated heterocycles. The summed E-state index contributed by atoms with van der Waals surface area (Å²) in [5.74, 6) is 1.85. The Hall–Kier alpha value is -1.30. The molecule has 1 fully saturated rings. The molecule has 0 bridgehead atoms. The van der Waals surface area contributed by atoms with E-state index in [9.17, 15) is 4.79 Å². The van der Waals surface area contributed by atoms with Gasteiger partial charge < -0.3 is 14.3 Å². The third-order valence-corrected chi connectivity index (χ3v) is 5.32. The highest BCUT2D eigenvalue weighted by Crippen LogP contribution is 2.37. The molecule has 1 heterocycles. The molecule has 2 unspecified atom stereocenters. The third-order valence-electron chi connectivity index (χ3n) is 4.11. The summed E-state index contributed by atoms with van der Waals surface area (Å²) in [7, 11) is 3.10. The van der Waals surface area contributed by atoms with Crippen molar-refractivity contribution in [2.24, 2.45) is 11.8 Å². The molecule has 2 rings (SSSR count). The molecule has 0 aliphatic heterocycles. The Balaban J connectivity index is 2.11. The average Bonchev–Trinajstić information content (AvgIpc) is 3.05. The van der Waals surface area contributed by atoms with Gasteiger partial charge in [0.1, 0.15) is 6.29 Å². The monoisotopic (exact) mass is 310 g/mol. The van der Waals surface area contributed by atoms with Gasteiger partial charge in [-0.1, -0.05) is 44.4 Å². The number of nitrogens with zero attached hydrogens (tertiary/aromatic N) is 2. The Labute approximate surface area is 129 Å². The predicted octanol–water partition coefficient (Wildman–Crippen LogP) is 2.98. The van der Waals surface area contributed by atoms with Crippen LogP contribution in [0.5, 0.6) is 11.8 Å². The van der Waals surface area contributed by atoms with Crippen molar-refractivity contribution in [3.63, 3.8) is 0 Å². The van der Waals surface area contributed by atoms with Gasteiger partial charge in [0, 0.05) is 0 Å². The maximum absolute atomic E-state index is 11.5. The zero-order valence-electron chi connectivity index (χ0n) is 12.7. The number of hydrogen-bond acceptors (Lipinski definition) is 6. The molecule has 1 aromatic rings. The first-order valence-electron chi connectivity index (χ1n) is 7.27. The predicted molar refractivity (Wildman–Crippen MR) is 82.0 cm³/mol. The summed E-state index contributed by atoms with van der Waals surface area (Å²) >= 11 is 1.39. The molecule has 1 aliphatic rings. The summed E-state index contributed by atoms with van der Waals surface area (Å²) in [6, 6.07) is 1.63. The lowest BCUT2D eigenvalue weighted by Gasteiger charge is -2.23. The fourth-order valence-corrected chi connectivity index (χ4v) is 3.80. The van der Waals surface area contributed by atoms with Crippen molar-refractivity contribution in [1.82, 2.24) is 9.97 Å². The van der Waals surface area contributed by atoms with Crippen LogP contribution in [0.3, 0.4) is 0 Å². The molecule has 0 amide bonds. The zero-order valence-corrected chi connectivity index (χ0v) is 13.6. The summed E-state index contributed by atoms with van der Waals surface area (Å²) in [6.07, 6.45) is 6.00. The van der Waals surface area contributed by atoms with Crippen molar-refractivity contribution in [2.75, 3.05) is 14.2 Å². The number of hydrogen-bond donors (Lipinski definition) is 0. The van der Waals surface area contributed by atoms with Crippen molar-refractivity contribution < 1.29 is 14.3 Å². The van der Waals surface area contributed by atoms with Gasteiger partial charge in [0.15, 0.2) is 5.16 Å². The van der Waals surface area contributed by atoms with E-state index in [0.717, 1.165) is 6.29 Å². The van der Waals surface area contributed by atoms with E-state index >= 15 is 0 Å². The Bertz CT molecular complexity index is 456. The van der Waals surface area contributed by atoms with Crippen LogP contribution in [0.15, 0.2) is 11.2 Å². The first-order chi connectivity index (χ1) is 10.2. The molecule has 1 aromatic heterocycles. The van der Waals surface area contributed by atoms with Crippen LogP contribution in [0, 0.1) is 11.8 Å². The second kappa shape index (κ2) is 7.64. The van der Waals surface area contributed by atoms with Gasteiger partial charge in [0.25, 0.3) is 0 Å². The number of rotatable bonds is 7. The molecule has 6 heteroatoms. The third kappa shape index (κ3) is 4.09. The van der Waals surface area contributed by atoms with Gasteiger partial charge in [-0.25, -0.2) is 0 Å². The van der Waals surface area contributed by atoms with Crippen LogP contribution in [0.4, 0.5) is 0 Å². The smallest absolute Gasteiger partial charge is 0.220 e. The molecule has 2 atom stereocenters. The lowest BCUT2D eigenvalue weighted by molar-refractivity contribution is -0.108. The minimum absolute atomic E-state index is 0.134. The van der Waals surface area contributed by atoms with E-state index in [2.05, 4.69) is 16.9 Å². The number of methoxy groups -OCH3 is 2. The number of ether oxygens (including phenoxy) is 2. The first kappa shape index (κ1) is 16.1. The average molecular weight is 310 g/mol. The van der Waals surface area contributed by atoms with Gasteiger partial charge in [-0.05, 0) is 11.8 Å². The molecule has 5 nitrogen and oxygen atoms in total. The summed E-state index contributed by atoms with van der Waals surface area (Å²) in [4.78, 5) is 20.1. The fourth-order valence-electron chi connectivity index (χ4n) is 2.78. The van der Waals surface area contributed by atoms with E-state index in [4.69, 9.17) is 9.47 Å². The second-order valence-corrected chi connectivity index (χ2v) is 6.50. The molecule has 1 aliphatic carbocycles. The zero-order chi connectivity index (χ0) is 15.2. The highest BCUT2D eigenvalue weighted by Gasteiger charge is 2.29. The number of carbonyl (C=O) groups is 1. The highest BCUT2D eigenvalue weighted by atomic mass is 32.2. The molecular formula is C15H22N2O3S. The van der Waals surface area contributed by atoms with E-state index in [0.29, 0.717) is 28.8 Å². The van der Waals surface area contributed by atoms with Gasteiger partial charge in [-0.15, -0.1) is 0 Å². The summed E-state index contributed by atoms with van der Waals surface area (Å²) in [6.45, 7) is 2.15. The van der Waals surface area contributed by atoms with Crippen LogP contribution in [0.2, 0.25) is 0 Å². The molecule has 0 aromatic carbocycles. The number of thioether (sulfide) groups is 1. The molecule has 116 valence electrons. The normalized spacial score (nSPS) is 18.2. The summed E-state index contributed by atoms with van der Waals surface area (Å²) in [5.41, 5.74) is 0. The standard InChI is InChI=1S/C15H22N2O3S/c1-10(11-6-4-5-7-11)12(9-18)21-15-16-13(19-2)8-14(17-15)20-3/h8-12H,4-7H2,1-3H3. The van der Waals surface area contributed by atoms with Crippen molar-refractivity contribution in [1.29, 1.82) is 0 Å². The van der Waals surface area contributed by atoms with Crippen molar-refractivity contribution in [2.45, 2.75) is 43.0 Å². The van der Waals surface area contributed by atoms with Gasteiger partial charge >= 0.3 is 0 Å². The van der Waals surface area contributed by atoms with Gasteiger partial charge in [0.2, 0.25) is 11.8 Å². The van der Waals surface area contributed by atoms with Crippen LogP contribution < -0.4 is 9.47 Å². The maximum atomic E-state index is 11.5. The Kier molecular flexibility index (Phi) is 5.85.